The summed E-state index contributed by atoms with van der Waals surface area (Å²) in [5.41, 5.74) is 2.57. The molecule has 4 aromatic rings. The Morgan fingerprint density at radius 2 is 1.87 bits per heavy atom. The number of hydrogen-bond donors (Lipinski definition) is 2. The van der Waals surface area contributed by atoms with Crippen molar-refractivity contribution in [1.29, 1.82) is 0 Å². The number of carbonyl (C=O) groups excluding carboxylic acids is 1. The Morgan fingerprint density at radius 3 is 2.63 bits per heavy atom. The number of hydrogen-bond acceptors (Lipinski definition) is 5. The zero-order chi connectivity index (χ0) is 20.9. The van der Waals surface area contributed by atoms with E-state index in [-0.39, 0.29) is 6.03 Å². The summed E-state index contributed by atoms with van der Waals surface area (Å²) < 4.78 is 3.32. The Morgan fingerprint density at radius 1 is 1.10 bits per heavy atom. The molecule has 0 fully saturated rings. The third kappa shape index (κ3) is 4.47. The molecule has 0 radical (unpaired) electrons. The van der Waals surface area contributed by atoms with Crippen LogP contribution in [0.15, 0.2) is 67.0 Å². The third-order valence-corrected chi connectivity index (χ3v) is 4.66. The van der Waals surface area contributed by atoms with Crippen molar-refractivity contribution in [2.75, 3.05) is 0 Å². The molecule has 2 aromatic heterocycles. The van der Waals surface area contributed by atoms with Gasteiger partial charge in [0.1, 0.15) is 0 Å². The lowest BCUT2D eigenvalue weighted by molar-refractivity contribution is 0.237. The minimum Gasteiger partial charge on any atom is -0.334 e. The normalized spacial score (nSPS) is 11.8. The molecule has 0 saturated heterocycles. The number of benzene rings is 2. The van der Waals surface area contributed by atoms with Crippen molar-refractivity contribution in [3.63, 3.8) is 0 Å². The van der Waals surface area contributed by atoms with Gasteiger partial charge in [0.25, 0.3) is 0 Å². The van der Waals surface area contributed by atoms with E-state index in [2.05, 4.69) is 31.3 Å². The molecule has 2 heterocycles. The van der Waals surface area contributed by atoms with Crippen LogP contribution in [-0.4, -0.2) is 36.0 Å². The standard InChI is InChI=1S/C20H19ClN8O/c1-14(19-25-26-27-29(19)18-5-3-2-4-6-18)24-20(30)22-11-15-12-23-28(13-15)17-9-7-16(21)8-10-17/h2-10,12-14H,11H2,1H3,(H2,22,24,30). The highest BCUT2D eigenvalue weighted by atomic mass is 35.5. The molecule has 0 bridgehead atoms. The molecule has 0 aliphatic heterocycles. The van der Waals surface area contributed by atoms with Crippen molar-refractivity contribution in [3.05, 3.63) is 83.4 Å². The summed E-state index contributed by atoms with van der Waals surface area (Å²) in [4.78, 5) is 12.3. The van der Waals surface area contributed by atoms with E-state index in [0.717, 1.165) is 16.9 Å². The van der Waals surface area contributed by atoms with Crippen LogP contribution in [0.4, 0.5) is 4.79 Å². The Labute approximate surface area is 177 Å². The number of halogens is 1. The molecule has 0 saturated carbocycles. The summed E-state index contributed by atoms with van der Waals surface area (Å²) in [6, 6.07) is 16.1. The molecule has 1 unspecified atom stereocenters. The molecule has 10 heteroatoms. The molecule has 2 amide bonds. The third-order valence-electron chi connectivity index (χ3n) is 4.41. The summed E-state index contributed by atoms with van der Waals surface area (Å²) in [5.74, 6) is 0.534. The van der Waals surface area contributed by atoms with Gasteiger partial charge in [-0.05, 0) is 53.7 Å². The second-order valence-electron chi connectivity index (χ2n) is 6.60. The molecule has 2 aromatic carbocycles. The van der Waals surface area contributed by atoms with Crippen molar-refractivity contribution in [3.8, 4) is 11.4 Å². The maximum Gasteiger partial charge on any atom is 0.315 e. The smallest absolute Gasteiger partial charge is 0.315 e. The van der Waals surface area contributed by atoms with Crippen molar-refractivity contribution in [2.45, 2.75) is 19.5 Å². The van der Waals surface area contributed by atoms with Gasteiger partial charge in [-0.3, -0.25) is 0 Å². The van der Waals surface area contributed by atoms with E-state index in [1.807, 2.05) is 55.6 Å². The summed E-state index contributed by atoms with van der Waals surface area (Å²) >= 11 is 5.91. The van der Waals surface area contributed by atoms with Gasteiger partial charge in [0.05, 0.1) is 23.6 Å². The first-order chi connectivity index (χ1) is 14.6. The summed E-state index contributed by atoms with van der Waals surface area (Å²) in [6.45, 7) is 2.15. The Bertz CT molecular complexity index is 1120. The Hall–Kier alpha value is -3.72. The SMILES string of the molecule is CC(NC(=O)NCc1cnn(-c2ccc(Cl)cc2)c1)c1nnnn1-c1ccccc1. The second kappa shape index (κ2) is 8.75. The number of nitrogens with one attached hydrogen (secondary N) is 2. The molecule has 1 atom stereocenters. The van der Waals surface area contributed by atoms with Crippen LogP contribution in [0.1, 0.15) is 24.4 Å². The fraction of sp³-hybridized carbons (Fsp3) is 0.150. The lowest BCUT2D eigenvalue weighted by Crippen LogP contribution is -2.37. The summed E-state index contributed by atoms with van der Waals surface area (Å²) in [7, 11) is 0. The first kappa shape index (κ1) is 19.6. The van der Waals surface area contributed by atoms with E-state index in [9.17, 15) is 4.79 Å². The van der Waals surface area contributed by atoms with E-state index in [4.69, 9.17) is 11.6 Å². The highest BCUT2D eigenvalue weighted by Crippen LogP contribution is 2.14. The first-order valence-corrected chi connectivity index (χ1v) is 9.65. The average molecular weight is 423 g/mol. The predicted octanol–water partition coefficient (Wildman–Crippen LogP) is 3.06. The number of tetrazole rings is 1. The van der Waals surface area contributed by atoms with Crippen LogP contribution in [0.3, 0.4) is 0 Å². The second-order valence-corrected chi connectivity index (χ2v) is 7.04. The maximum atomic E-state index is 12.3. The monoisotopic (exact) mass is 422 g/mol. The first-order valence-electron chi connectivity index (χ1n) is 9.28. The molecular weight excluding hydrogens is 404 g/mol. The highest BCUT2D eigenvalue weighted by molar-refractivity contribution is 6.30. The van der Waals surface area contributed by atoms with E-state index in [0.29, 0.717) is 17.4 Å². The largest absolute Gasteiger partial charge is 0.334 e. The number of para-hydroxylation sites is 1. The maximum absolute atomic E-state index is 12.3. The molecular formula is C20H19ClN8O. The number of carbonyl (C=O) groups is 1. The van der Waals surface area contributed by atoms with Crippen molar-refractivity contribution in [1.82, 2.24) is 40.6 Å². The number of aromatic nitrogens is 6. The minimum absolute atomic E-state index is 0.329. The van der Waals surface area contributed by atoms with Gasteiger partial charge in [0, 0.05) is 23.3 Å². The lowest BCUT2D eigenvalue weighted by atomic mass is 10.3. The van der Waals surface area contributed by atoms with Crippen LogP contribution in [0.5, 0.6) is 0 Å². The Kier molecular flexibility index (Phi) is 5.71. The summed E-state index contributed by atoms with van der Waals surface area (Å²) in [6.07, 6.45) is 3.55. The minimum atomic E-state index is -0.392. The van der Waals surface area contributed by atoms with Crippen molar-refractivity contribution >= 4 is 17.6 Å². The molecule has 4 rings (SSSR count). The van der Waals surface area contributed by atoms with Gasteiger partial charge in [-0.25, -0.2) is 9.48 Å². The van der Waals surface area contributed by atoms with E-state index < -0.39 is 6.04 Å². The highest BCUT2D eigenvalue weighted by Gasteiger charge is 2.17. The van der Waals surface area contributed by atoms with Crippen LogP contribution in [0, 0.1) is 0 Å². The lowest BCUT2D eigenvalue weighted by Gasteiger charge is -2.14. The van der Waals surface area contributed by atoms with Crippen LogP contribution >= 0.6 is 11.6 Å². The van der Waals surface area contributed by atoms with Gasteiger partial charge in [0.2, 0.25) is 0 Å². The topological polar surface area (TPSA) is 103 Å². The molecule has 30 heavy (non-hydrogen) atoms. The molecule has 9 nitrogen and oxygen atoms in total. The molecule has 152 valence electrons. The van der Waals surface area contributed by atoms with Gasteiger partial charge in [-0.15, -0.1) is 5.10 Å². The zero-order valence-electron chi connectivity index (χ0n) is 16.1. The molecule has 2 N–H and O–H groups in total. The van der Waals surface area contributed by atoms with Crippen LogP contribution in [0.25, 0.3) is 11.4 Å². The predicted molar refractivity (Wildman–Crippen MR) is 112 cm³/mol. The molecule has 0 spiro atoms. The van der Waals surface area contributed by atoms with E-state index in [1.165, 1.54) is 0 Å². The van der Waals surface area contributed by atoms with E-state index in [1.54, 1.807) is 27.7 Å². The number of urea groups is 1. The number of rotatable bonds is 6. The molecule has 0 aliphatic carbocycles. The number of nitrogens with zero attached hydrogens (tertiary/aromatic N) is 6. The Balaban J connectivity index is 1.35. The van der Waals surface area contributed by atoms with Gasteiger partial charge < -0.3 is 10.6 Å². The van der Waals surface area contributed by atoms with Crippen LogP contribution in [-0.2, 0) is 6.54 Å². The van der Waals surface area contributed by atoms with E-state index >= 15 is 0 Å². The quantitative estimate of drug-likeness (QED) is 0.497. The van der Waals surface area contributed by atoms with Gasteiger partial charge in [0.15, 0.2) is 5.82 Å². The van der Waals surface area contributed by atoms with Gasteiger partial charge >= 0.3 is 6.03 Å². The fourth-order valence-corrected chi connectivity index (χ4v) is 3.02. The average Bonchev–Trinajstić information content (AvgIpc) is 3.43. The summed E-state index contributed by atoms with van der Waals surface area (Å²) in [5, 5.41) is 22.4. The van der Waals surface area contributed by atoms with Crippen molar-refractivity contribution in [2.24, 2.45) is 0 Å². The van der Waals surface area contributed by atoms with Crippen LogP contribution < -0.4 is 10.6 Å². The number of amides is 2. The van der Waals surface area contributed by atoms with Crippen LogP contribution in [0.2, 0.25) is 5.02 Å². The molecule has 0 aliphatic rings. The van der Waals surface area contributed by atoms with Gasteiger partial charge in [-0.1, -0.05) is 29.8 Å². The fourth-order valence-electron chi connectivity index (χ4n) is 2.90. The van der Waals surface area contributed by atoms with Gasteiger partial charge in [-0.2, -0.15) is 9.78 Å². The zero-order valence-corrected chi connectivity index (χ0v) is 16.9. The van der Waals surface area contributed by atoms with Crippen molar-refractivity contribution < 1.29 is 4.79 Å².